The van der Waals surface area contributed by atoms with Crippen LogP contribution in [0.2, 0.25) is 0 Å². The molecular weight excluding hydrogens is 210 g/mol. The molecule has 0 saturated carbocycles. The normalized spacial score (nSPS) is 16.0. The number of fused-ring (bicyclic) bond motifs is 1. The summed E-state index contributed by atoms with van der Waals surface area (Å²) in [6.45, 7) is 1.01. The van der Waals surface area contributed by atoms with Gasteiger partial charge < -0.3 is 4.57 Å². The second-order valence-electron chi connectivity index (χ2n) is 3.69. The van der Waals surface area contributed by atoms with Crippen LogP contribution in [-0.4, -0.2) is 23.5 Å². The number of aromatic nitrogens is 5. The monoisotopic (exact) mass is 221 g/mol. The maximum Gasteiger partial charge on any atom is 0.185 e. The lowest BCUT2D eigenvalue weighted by Crippen LogP contribution is -2.02. The van der Waals surface area contributed by atoms with Crippen molar-refractivity contribution in [2.75, 3.05) is 0 Å². The van der Waals surface area contributed by atoms with E-state index in [0.717, 1.165) is 30.3 Å². The Balaban J connectivity index is 2.06. The third-order valence-corrected chi connectivity index (χ3v) is 3.18. The summed E-state index contributed by atoms with van der Waals surface area (Å²) in [6.07, 6.45) is 6.48. The molecule has 0 aromatic carbocycles. The molecule has 0 radical (unpaired) electrons. The molecule has 1 aliphatic heterocycles. The van der Waals surface area contributed by atoms with Crippen LogP contribution in [-0.2, 0) is 13.0 Å². The van der Waals surface area contributed by atoms with E-state index < -0.39 is 0 Å². The zero-order valence-electron chi connectivity index (χ0n) is 8.26. The minimum absolute atomic E-state index is 0.848. The van der Waals surface area contributed by atoms with Crippen molar-refractivity contribution in [2.24, 2.45) is 0 Å². The molecule has 0 spiro atoms. The van der Waals surface area contributed by atoms with E-state index in [1.807, 2.05) is 0 Å². The Morgan fingerprint density at radius 1 is 1.20 bits per heavy atom. The highest BCUT2D eigenvalue weighted by molar-refractivity contribution is 6.99. The SMILES string of the molecule is c1nsnc1-c1nnc2n1CCCCC2. The predicted molar refractivity (Wildman–Crippen MR) is 56.5 cm³/mol. The lowest BCUT2D eigenvalue weighted by Gasteiger charge is -2.03. The van der Waals surface area contributed by atoms with Crippen LogP contribution in [0, 0.1) is 0 Å². The summed E-state index contributed by atoms with van der Waals surface area (Å²) in [5.74, 6) is 1.97. The number of rotatable bonds is 1. The molecule has 1 aliphatic rings. The van der Waals surface area contributed by atoms with Crippen LogP contribution in [0.15, 0.2) is 6.20 Å². The number of hydrogen-bond acceptors (Lipinski definition) is 5. The maximum atomic E-state index is 4.22. The van der Waals surface area contributed by atoms with Crippen LogP contribution in [0.5, 0.6) is 0 Å². The Morgan fingerprint density at radius 3 is 3.07 bits per heavy atom. The molecule has 0 saturated heterocycles. The van der Waals surface area contributed by atoms with Crippen molar-refractivity contribution in [3.8, 4) is 11.5 Å². The highest BCUT2D eigenvalue weighted by atomic mass is 32.1. The Hall–Kier alpha value is -1.30. The summed E-state index contributed by atoms with van der Waals surface area (Å²) >= 11 is 1.21. The molecule has 0 atom stereocenters. The molecule has 0 unspecified atom stereocenters. The van der Waals surface area contributed by atoms with E-state index in [4.69, 9.17) is 0 Å². The van der Waals surface area contributed by atoms with Gasteiger partial charge in [0.05, 0.1) is 17.9 Å². The first-order chi connectivity index (χ1) is 7.45. The smallest absolute Gasteiger partial charge is 0.185 e. The topological polar surface area (TPSA) is 56.5 Å². The molecule has 5 nitrogen and oxygen atoms in total. The van der Waals surface area contributed by atoms with Gasteiger partial charge in [0.2, 0.25) is 0 Å². The van der Waals surface area contributed by atoms with Gasteiger partial charge in [0, 0.05) is 13.0 Å². The Bertz CT molecular complexity index is 447. The highest BCUT2D eigenvalue weighted by Gasteiger charge is 2.17. The van der Waals surface area contributed by atoms with Gasteiger partial charge in [-0.15, -0.1) is 10.2 Å². The standard InChI is InChI=1S/C9H11N5S/c1-2-4-8-11-12-9(14(8)5-3-1)7-6-10-15-13-7/h6H,1-5H2. The zero-order valence-corrected chi connectivity index (χ0v) is 9.07. The summed E-state index contributed by atoms with van der Waals surface area (Å²) in [7, 11) is 0. The number of aryl methyl sites for hydroxylation is 1. The van der Waals surface area contributed by atoms with E-state index in [-0.39, 0.29) is 0 Å². The van der Waals surface area contributed by atoms with Gasteiger partial charge in [0.1, 0.15) is 11.5 Å². The molecular formula is C9H11N5S. The molecule has 0 amide bonds. The highest BCUT2D eigenvalue weighted by Crippen LogP contribution is 2.20. The summed E-state index contributed by atoms with van der Waals surface area (Å²) in [6, 6.07) is 0. The van der Waals surface area contributed by atoms with Gasteiger partial charge in [-0.3, -0.25) is 0 Å². The number of nitrogens with zero attached hydrogens (tertiary/aromatic N) is 5. The van der Waals surface area contributed by atoms with Gasteiger partial charge in [-0.2, -0.15) is 8.75 Å². The molecule has 0 bridgehead atoms. The fourth-order valence-electron chi connectivity index (χ4n) is 1.94. The molecule has 0 fully saturated rings. The average molecular weight is 221 g/mol. The molecule has 0 N–H and O–H groups in total. The van der Waals surface area contributed by atoms with E-state index in [0.29, 0.717) is 0 Å². The van der Waals surface area contributed by atoms with Crippen molar-refractivity contribution in [1.82, 2.24) is 23.5 Å². The van der Waals surface area contributed by atoms with Crippen molar-refractivity contribution in [2.45, 2.75) is 32.2 Å². The quantitative estimate of drug-likeness (QED) is 0.732. The lowest BCUT2D eigenvalue weighted by molar-refractivity contribution is 0.636. The fraction of sp³-hybridized carbons (Fsp3) is 0.556. The van der Waals surface area contributed by atoms with E-state index in [2.05, 4.69) is 23.5 Å². The van der Waals surface area contributed by atoms with E-state index in [9.17, 15) is 0 Å². The van der Waals surface area contributed by atoms with Crippen LogP contribution in [0.1, 0.15) is 25.1 Å². The second-order valence-corrected chi connectivity index (χ2v) is 4.25. The lowest BCUT2D eigenvalue weighted by atomic mass is 10.2. The maximum absolute atomic E-state index is 4.22. The fourth-order valence-corrected chi connectivity index (χ4v) is 2.35. The number of hydrogen-bond donors (Lipinski definition) is 0. The van der Waals surface area contributed by atoms with Crippen molar-refractivity contribution < 1.29 is 0 Å². The molecule has 2 aromatic rings. The van der Waals surface area contributed by atoms with Crippen LogP contribution < -0.4 is 0 Å². The third-order valence-electron chi connectivity index (χ3n) is 2.70. The van der Waals surface area contributed by atoms with Crippen molar-refractivity contribution in [1.29, 1.82) is 0 Å². The van der Waals surface area contributed by atoms with Crippen molar-refractivity contribution >= 4 is 11.7 Å². The third kappa shape index (κ3) is 1.54. The minimum atomic E-state index is 0.848. The summed E-state index contributed by atoms with van der Waals surface area (Å²) in [4.78, 5) is 0. The van der Waals surface area contributed by atoms with Crippen molar-refractivity contribution in [3.05, 3.63) is 12.0 Å². The minimum Gasteiger partial charge on any atom is -0.310 e. The first kappa shape index (κ1) is 8.96. The van der Waals surface area contributed by atoms with Gasteiger partial charge >= 0.3 is 0 Å². The van der Waals surface area contributed by atoms with E-state index in [1.54, 1.807) is 6.20 Å². The summed E-state index contributed by atoms with van der Waals surface area (Å²) in [5, 5.41) is 8.42. The molecule has 15 heavy (non-hydrogen) atoms. The van der Waals surface area contributed by atoms with Crippen LogP contribution in [0.4, 0.5) is 0 Å². The predicted octanol–water partition coefficient (Wildman–Crippen LogP) is 1.52. The van der Waals surface area contributed by atoms with Gasteiger partial charge in [-0.1, -0.05) is 6.42 Å². The zero-order chi connectivity index (χ0) is 10.1. The largest absolute Gasteiger partial charge is 0.310 e. The summed E-state index contributed by atoms with van der Waals surface area (Å²) < 4.78 is 10.4. The van der Waals surface area contributed by atoms with Gasteiger partial charge in [-0.25, -0.2) is 0 Å². The van der Waals surface area contributed by atoms with E-state index >= 15 is 0 Å². The van der Waals surface area contributed by atoms with Crippen LogP contribution in [0.3, 0.4) is 0 Å². The Labute approximate surface area is 91.5 Å². The Morgan fingerprint density at radius 2 is 2.20 bits per heavy atom. The van der Waals surface area contributed by atoms with Crippen LogP contribution in [0.25, 0.3) is 11.5 Å². The average Bonchev–Trinajstić information content (AvgIpc) is 2.83. The first-order valence-electron chi connectivity index (χ1n) is 5.15. The van der Waals surface area contributed by atoms with Crippen molar-refractivity contribution in [3.63, 3.8) is 0 Å². The first-order valence-corrected chi connectivity index (χ1v) is 5.88. The Kier molecular flexibility index (Phi) is 2.21. The van der Waals surface area contributed by atoms with E-state index in [1.165, 1.54) is 31.0 Å². The molecule has 3 rings (SSSR count). The molecule has 2 aromatic heterocycles. The molecule has 78 valence electrons. The molecule has 3 heterocycles. The van der Waals surface area contributed by atoms with Crippen LogP contribution >= 0.6 is 11.7 Å². The molecule has 0 aliphatic carbocycles. The second kappa shape index (κ2) is 3.69. The molecule has 6 heteroatoms. The summed E-state index contributed by atoms with van der Waals surface area (Å²) in [5.41, 5.74) is 0.848. The van der Waals surface area contributed by atoms with Gasteiger partial charge in [-0.05, 0) is 12.8 Å². The van der Waals surface area contributed by atoms with Gasteiger partial charge in [0.25, 0.3) is 0 Å². The van der Waals surface area contributed by atoms with Gasteiger partial charge in [0.15, 0.2) is 5.82 Å².